The Hall–Kier alpha value is -2.72. The summed E-state index contributed by atoms with van der Waals surface area (Å²) in [4.78, 5) is 16.9. The molecule has 0 aliphatic heterocycles. The number of aromatic nitrogens is 4. The van der Waals surface area contributed by atoms with Gasteiger partial charge in [-0.25, -0.2) is 9.97 Å². The first-order valence-corrected chi connectivity index (χ1v) is 13.3. The van der Waals surface area contributed by atoms with Gasteiger partial charge in [0.25, 0.3) is 0 Å². The Morgan fingerprint density at radius 1 is 0.788 bits per heavy atom. The summed E-state index contributed by atoms with van der Waals surface area (Å²) in [7, 11) is 0. The van der Waals surface area contributed by atoms with Gasteiger partial charge in [-0.1, -0.05) is 40.0 Å². The molecule has 0 fully saturated rings. The third-order valence-corrected chi connectivity index (χ3v) is 6.90. The van der Waals surface area contributed by atoms with E-state index in [2.05, 4.69) is 51.3 Å². The van der Waals surface area contributed by atoms with E-state index >= 15 is 0 Å². The van der Waals surface area contributed by atoms with Gasteiger partial charge in [0, 0.05) is 12.6 Å². The summed E-state index contributed by atoms with van der Waals surface area (Å²) < 4.78 is 2.18. The van der Waals surface area contributed by atoms with E-state index in [9.17, 15) is 0 Å². The van der Waals surface area contributed by atoms with E-state index in [1.54, 1.807) is 22.7 Å². The minimum Gasteiger partial charge on any atom is -0.369 e. The topological polar surface area (TPSA) is 128 Å². The lowest BCUT2D eigenvalue weighted by Crippen LogP contribution is -2.20. The summed E-state index contributed by atoms with van der Waals surface area (Å²) in [6.45, 7) is 7.51. The fourth-order valence-corrected chi connectivity index (χ4v) is 5.12. The van der Waals surface area contributed by atoms with Gasteiger partial charge in [0.05, 0.1) is 20.4 Å². The van der Waals surface area contributed by atoms with Gasteiger partial charge < -0.3 is 22.1 Å². The first-order valence-electron chi connectivity index (χ1n) is 11.6. The molecule has 0 bridgehead atoms. The first kappa shape index (κ1) is 24.9. The molecule has 33 heavy (non-hydrogen) atoms. The van der Waals surface area contributed by atoms with Crippen molar-refractivity contribution in [3.8, 4) is 0 Å². The molecule has 8 nitrogen and oxygen atoms in total. The van der Waals surface area contributed by atoms with Crippen molar-refractivity contribution in [2.75, 3.05) is 28.6 Å². The van der Waals surface area contributed by atoms with E-state index in [1.165, 1.54) is 19.3 Å². The summed E-state index contributed by atoms with van der Waals surface area (Å²) in [6, 6.07) is 4.42. The molecule has 0 saturated heterocycles. The van der Waals surface area contributed by atoms with Crippen molar-refractivity contribution in [1.82, 2.24) is 19.9 Å². The van der Waals surface area contributed by atoms with Crippen molar-refractivity contribution >= 4 is 66.6 Å². The maximum atomic E-state index is 5.75. The Labute approximate surface area is 203 Å². The molecule has 0 aromatic carbocycles. The SMILES string of the molecule is CCCC(CCC)Nc1nc(N)nc2ccsc12.CCCCNc1nc(N)nc2ccsc12. The minimum atomic E-state index is 0.333. The van der Waals surface area contributed by atoms with Crippen LogP contribution in [-0.4, -0.2) is 32.5 Å². The number of hydrogen-bond acceptors (Lipinski definition) is 10. The van der Waals surface area contributed by atoms with Gasteiger partial charge in [0.1, 0.15) is 11.6 Å². The van der Waals surface area contributed by atoms with E-state index in [4.69, 9.17) is 11.5 Å². The molecule has 4 rings (SSSR count). The fourth-order valence-electron chi connectivity index (χ4n) is 3.54. The molecule has 4 heterocycles. The van der Waals surface area contributed by atoms with Gasteiger partial charge in [0.15, 0.2) is 0 Å². The Kier molecular flexibility index (Phi) is 9.44. The monoisotopic (exact) mass is 486 g/mol. The molecule has 6 N–H and O–H groups in total. The Morgan fingerprint density at radius 2 is 1.33 bits per heavy atom. The van der Waals surface area contributed by atoms with E-state index in [1.807, 2.05) is 22.9 Å². The molecule has 0 amide bonds. The normalized spacial score (nSPS) is 11.0. The molecule has 0 spiro atoms. The van der Waals surface area contributed by atoms with Crippen LogP contribution in [0, 0.1) is 0 Å². The predicted molar refractivity (Wildman–Crippen MR) is 144 cm³/mol. The zero-order valence-corrected chi connectivity index (χ0v) is 21.2. The summed E-state index contributed by atoms with van der Waals surface area (Å²) in [5.74, 6) is 2.43. The summed E-state index contributed by atoms with van der Waals surface area (Å²) >= 11 is 3.30. The van der Waals surface area contributed by atoms with Crippen LogP contribution < -0.4 is 22.1 Å². The standard InChI is InChI=1S/C13H20N4S.C10H14N4S/c1-3-5-9(6-4-2)15-12-11-10(7-8-18-11)16-13(14)17-12;1-2-3-5-12-9-8-7(4-6-15-8)13-10(11)14-9/h7-9H,3-6H2,1-2H3,(H3,14,15,16,17);4,6H,2-3,5H2,1H3,(H3,11,12,13,14). The van der Waals surface area contributed by atoms with Gasteiger partial charge in [0.2, 0.25) is 11.9 Å². The zero-order chi connectivity index (χ0) is 23.6. The van der Waals surface area contributed by atoms with E-state index < -0.39 is 0 Å². The van der Waals surface area contributed by atoms with Gasteiger partial charge in [-0.15, -0.1) is 22.7 Å². The van der Waals surface area contributed by atoms with Crippen LogP contribution in [0.5, 0.6) is 0 Å². The van der Waals surface area contributed by atoms with E-state index in [-0.39, 0.29) is 0 Å². The third-order valence-electron chi connectivity index (χ3n) is 5.08. The molecule has 0 unspecified atom stereocenters. The largest absolute Gasteiger partial charge is 0.369 e. The molecule has 10 heteroatoms. The number of nitrogens with two attached hydrogens (primary N) is 2. The second-order valence-electron chi connectivity index (χ2n) is 7.83. The maximum absolute atomic E-state index is 5.75. The lowest BCUT2D eigenvalue weighted by atomic mass is 10.1. The van der Waals surface area contributed by atoms with Crippen LogP contribution in [0.2, 0.25) is 0 Å². The molecule has 0 radical (unpaired) electrons. The minimum absolute atomic E-state index is 0.333. The van der Waals surface area contributed by atoms with Crippen LogP contribution in [0.15, 0.2) is 22.9 Å². The predicted octanol–water partition coefficient (Wildman–Crippen LogP) is 6.14. The second kappa shape index (κ2) is 12.5. The van der Waals surface area contributed by atoms with E-state index in [0.717, 1.165) is 57.9 Å². The molecule has 0 saturated carbocycles. The average Bonchev–Trinajstić information content (AvgIpc) is 3.44. The third kappa shape index (κ3) is 6.88. The van der Waals surface area contributed by atoms with E-state index in [0.29, 0.717) is 17.9 Å². The fraction of sp³-hybridized carbons (Fsp3) is 0.478. The second-order valence-corrected chi connectivity index (χ2v) is 9.66. The number of rotatable bonds is 10. The summed E-state index contributed by atoms with van der Waals surface area (Å²) in [6.07, 6.45) is 6.96. The number of nitrogen functional groups attached to an aromatic ring is 2. The zero-order valence-electron chi connectivity index (χ0n) is 19.6. The molecule has 178 valence electrons. The molecule has 0 atom stereocenters. The Morgan fingerprint density at radius 3 is 1.88 bits per heavy atom. The van der Waals surface area contributed by atoms with Gasteiger partial charge in [-0.05, 0) is 42.2 Å². The Bertz CT molecular complexity index is 1130. The van der Waals surface area contributed by atoms with Crippen LogP contribution in [0.25, 0.3) is 20.4 Å². The van der Waals surface area contributed by atoms with Crippen LogP contribution in [0.3, 0.4) is 0 Å². The number of unbranched alkanes of at least 4 members (excludes halogenated alkanes) is 1. The van der Waals surface area contributed by atoms with Crippen LogP contribution in [-0.2, 0) is 0 Å². The number of nitrogens with one attached hydrogen (secondary N) is 2. The molecular weight excluding hydrogens is 452 g/mol. The highest BCUT2D eigenvalue weighted by Gasteiger charge is 2.12. The summed E-state index contributed by atoms with van der Waals surface area (Å²) in [5.41, 5.74) is 13.2. The van der Waals surface area contributed by atoms with Crippen LogP contribution in [0.4, 0.5) is 23.5 Å². The molecule has 0 aliphatic carbocycles. The lowest BCUT2D eigenvalue weighted by molar-refractivity contribution is 0.585. The van der Waals surface area contributed by atoms with Crippen molar-refractivity contribution in [3.05, 3.63) is 22.9 Å². The lowest BCUT2D eigenvalue weighted by Gasteiger charge is -2.18. The molecular formula is C23H34N8S2. The smallest absolute Gasteiger partial charge is 0.222 e. The number of anilines is 4. The van der Waals surface area contributed by atoms with Crippen molar-refractivity contribution in [3.63, 3.8) is 0 Å². The highest BCUT2D eigenvalue weighted by molar-refractivity contribution is 7.18. The van der Waals surface area contributed by atoms with Gasteiger partial charge in [-0.2, -0.15) is 9.97 Å². The molecule has 4 aromatic heterocycles. The Balaban J connectivity index is 0.000000189. The highest BCUT2D eigenvalue weighted by atomic mass is 32.1. The molecule has 4 aromatic rings. The van der Waals surface area contributed by atoms with Gasteiger partial charge in [-0.3, -0.25) is 0 Å². The first-order chi connectivity index (χ1) is 16.0. The molecule has 0 aliphatic rings. The number of hydrogen-bond donors (Lipinski definition) is 4. The van der Waals surface area contributed by atoms with Crippen molar-refractivity contribution < 1.29 is 0 Å². The maximum Gasteiger partial charge on any atom is 0.222 e. The number of thiophene rings is 2. The van der Waals surface area contributed by atoms with Crippen molar-refractivity contribution in [1.29, 1.82) is 0 Å². The van der Waals surface area contributed by atoms with Gasteiger partial charge >= 0.3 is 0 Å². The van der Waals surface area contributed by atoms with Crippen LogP contribution in [0.1, 0.15) is 59.3 Å². The number of nitrogens with zero attached hydrogens (tertiary/aromatic N) is 4. The highest BCUT2D eigenvalue weighted by Crippen LogP contribution is 2.28. The number of fused-ring (bicyclic) bond motifs is 2. The van der Waals surface area contributed by atoms with Crippen molar-refractivity contribution in [2.24, 2.45) is 0 Å². The van der Waals surface area contributed by atoms with Crippen molar-refractivity contribution in [2.45, 2.75) is 65.3 Å². The average molecular weight is 487 g/mol. The van der Waals surface area contributed by atoms with Crippen LogP contribution >= 0.6 is 22.7 Å². The quantitative estimate of drug-likeness (QED) is 0.197. The summed E-state index contributed by atoms with van der Waals surface area (Å²) in [5, 5.41) is 10.9.